The SMILES string of the molecule is NC1CCN(c2cc(Br)cc(Br)c2)CC1. The van der Waals surface area contributed by atoms with Crippen molar-refractivity contribution in [2.45, 2.75) is 18.9 Å². The molecule has 0 aliphatic carbocycles. The summed E-state index contributed by atoms with van der Waals surface area (Å²) >= 11 is 7.02. The molecular formula is C11H14Br2N2. The van der Waals surface area contributed by atoms with E-state index in [2.05, 4.69) is 55.0 Å². The van der Waals surface area contributed by atoms with Crippen LogP contribution in [0.5, 0.6) is 0 Å². The average molecular weight is 334 g/mol. The number of rotatable bonds is 1. The van der Waals surface area contributed by atoms with Crippen molar-refractivity contribution in [1.82, 2.24) is 0 Å². The number of hydrogen-bond acceptors (Lipinski definition) is 2. The van der Waals surface area contributed by atoms with Gasteiger partial charge in [0.15, 0.2) is 0 Å². The molecule has 4 heteroatoms. The van der Waals surface area contributed by atoms with Crippen LogP contribution < -0.4 is 10.6 Å². The summed E-state index contributed by atoms with van der Waals surface area (Å²) in [7, 11) is 0. The molecule has 0 radical (unpaired) electrons. The van der Waals surface area contributed by atoms with E-state index in [9.17, 15) is 0 Å². The molecule has 0 saturated carbocycles. The summed E-state index contributed by atoms with van der Waals surface area (Å²) in [5, 5.41) is 0. The largest absolute Gasteiger partial charge is 0.371 e. The van der Waals surface area contributed by atoms with Gasteiger partial charge in [0.05, 0.1) is 0 Å². The molecule has 1 aromatic rings. The Morgan fingerprint density at radius 2 is 1.60 bits per heavy atom. The third kappa shape index (κ3) is 2.95. The fraction of sp³-hybridized carbons (Fsp3) is 0.455. The Balaban J connectivity index is 2.15. The lowest BCUT2D eigenvalue weighted by atomic mass is 10.1. The molecule has 2 rings (SSSR count). The van der Waals surface area contributed by atoms with Crippen molar-refractivity contribution in [3.8, 4) is 0 Å². The van der Waals surface area contributed by atoms with E-state index in [0.29, 0.717) is 6.04 Å². The van der Waals surface area contributed by atoms with E-state index in [1.54, 1.807) is 0 Å². The van der Waals surface area contributed by atoms with Crippen LogP contribution in [0.15, 0.2) is 27.1 Å². The molecule has 2 nitrogen and oxygen atoms in total. The van der Waals surface area contributed by atoms with Gasteiger partial charge in [-0.3, -0.25) is 0 Å². The zero-order valence-electron chi connectivity index (χ0n) is 8.42. The number of halogens is 2. The Morgan fingerprint density at radius 1 is 1.07 bits per heavy atom. The first-order valence-corrected chi connectivity index (χ1v) is 6.70. The van der Waals surface area contributed by atoms with Gasteiger partial charge in [0.25, 0.3) is 0 Å². The Morgan fingerprint density at radius 3 is 2.13 bits per heavy atom. The highest BCUT2D eigenvalue weighted by Crippen LogP contribution is 2.27. The van der Waals surface area contributed by atoms with E-state index >= 15 is 0 Å². The Hall–Kier alpha value is -0.0600. The second kappa shape index (κ2) is 4.85. The summed E-state index contributed by atoms with van der Waals surface area (Å²) in [6.45, 7) is 2.12. The van der Waals surface area contributed by atoms with Gasteiger partial charge in [0, 0.05) is 33.8 Å². The van der Waals surface area contributed by atoms with Crippen LogP contribution in [0, 0.1) is 0 Å². The lowest BCUT2D eigenvalue weighted by molar-refractivity contribution is 0.501. The molecule has 1 aromatic carbocycles. The quantitative estimate of drug-likeness (QED) is 0.855. The van der Waals surface area contributed by atoms with Gasteiger partial charge in [-0.1, -0.05) is 31.9 Å². The topological polar surface area (TPSA) is 29.3 Å². The Kier molecular flexibility index (Phi) is 3.69. The average Bonchev–Trinajstić information content (AvgIpc) is 2.17. The summed E-state index contributed by atoms with van der Waals surface area (Å²) in [5.41, 5.74) is 7.16. The number of benzene rings is 1. The normalized spacial score (nSPS) is 18.2. The first-order chi connectivity index (χ1) is 7.15. The molecular weight excluding hydrogens is 320 g/mol. The van der Waals surface area contributed by atoms with Crippen molar-refractivity contribution in [2.75, 3.05) is 18.0 Å². The van der Waals surface area contributed by atoms with Crippen LogP contribution in [0.1, 0.15) is 12.8 Å². The van der Waals surface area contributed by atoms with Gasteiger partial charge in [-0.15, -0.1) is 0 Å². The predicted molar refractivity (Wildman–Crippen MR) is 71.3 cm³/mol. The van der Waals surface area contributed by atoms with E-state index in [1.165, 1.54) is 5.69 Å². The molecule has 0 atom stereocenters. The molecule has 1 fully saturated rings. The van der Waals surface area contributed by atoms with Crippen molar-refractivity contribution < 1.29 is 0 Å². The van der Waals surface area contributed by atoms with E-state index in [-0.39, 0.29) is 0 Å². The molecule has 0 amide bonds. The van der Waals surface area contributed by atoms with Gasteiger partial charge in [-0.2, -0.15) is 0 Å². The summed E-state index contributed by atoms with van der Waals surface area (Å²) in [5.74, 6) is 0. The lowest BCUT2D eigenvalue weighted by Gasteiger charge is -2.32. The molecule has 0 bridgehead atoms. The second-order valence-corrected chi connectivity index (χ2v) is 5.78. The molecule has 0 aromatic heterocycles. The highest BCUT2D eigenvalue weighted by Gasteiger charge is 2.16. The van der Waals surface area contributed by atoms with Crippen LogP contribution in [0.4, 0.5) is 5.69 Å². The molecule has 15 heavy (non-hydrogen) atoms. The molecule has 0 spiro atoms. The van der Waals surface area contributed by atoms with Crippen LogP contribution in [0.3, 0.4) is 0 Å². The van der Waals surface area contributed by atoms with E-state index < -0.39 is 0 Å². The van der Waals surface area contributed by atoms with Gasteiger partial charge >= 0.3 is 0 Å². The van der Waals surface area contributed by atoms with Crippen molar-refractivity contribution in [3.05, 3.63) is 27.1 Å². The van der Waals surface area contributed by atoms with E-state index in [0.717, 1.165) is 34.9 Å². The van der Waals surface area contributed by atoms with Crippen molar-refractivity contribution >= 4 is 37.5 Å². The maximum Gasteiger partial charge on any atom is 0.0388 e. The minimum absolute atomic E-state index is 0.386. The Bertz CT molecular complexity index is 326. The third-order valence-corrected chi connectivity index (χ3v) is 3.67. The van der Waals surface area contributed by atoms with Crippen LogP contribution in [-0.2, 0) is 0 Å². The van der Waals surface area contributed by atoms with Gasteiger partial charge in [-0.25, -0.2) is 0 Å². The monoisotopic (exact) mass is 332 g/mol. The molecule has 1 aliphatic heterocycles. The van der Waals surface area contributed by atoms with Crippen LogP contribution in [-0.4, -0.2) is 19.1 Å². The molecule has 2 N–H and O–H groups in total. The highest BCUT2D eigenvalue weighted by molar-refractivity contribution is 9.11. The van der Waals surface area contributed by atoms with Gasteiger partial charge in [0.1, 0.15) is 0 Å². The molecule has 1 heterocycles. The molecule has 0 unspecified atom stereocenters. The number of piperidine rings is 1. The number of nitrogens with zero attached hydrogens (tertiary/aromatic N) is 1. The minimum Gasteiger partial charge on any atom is -0.371 e. The van der Waals surface area contributed by atoms with Crippen LogP contribution in [0.2, 0.25) is 0 Å². The second-order valence-electron chi connectivity index (χ2n) is 3.95. The summed E-state index contributed by atoms with van der Waals surface area (Å²) in [4.78, 5) is 2.39. The zero-order valence-corrected chi connectivity index (χ0v) is 11.6. The predicted octanol–water partition coefficient (Wildman–Crippen LogP) is 3.14. The summed E-state index contributed by atoms with van der Waals surface area (Å²) < 4.78 is 2.23. The third-order valence-electron chi connectivity index (χ3n) is 2.75. The fourth-order valence-corrected chi connectivity index (χ4v) is 3.15. The molecule has 1 saturated heterocycles. The zero-order chi connectivity index (χ0) is 10.8. The van der Waals surface area contributed by atoms with Crippen molar-refractivity contribution in [1.29, 1.82) is 0 Å². The lowest BCUT2D eigenvalue weighted by Crippen LogP contribution is -2.39. The minimum atomic E-state index is 0.386. The van der Waals surface area contributed by atoms with Gasteiger partial charge in [-0.05, 0) is 31.0 Å². The smallest absolute Gasteiger partial charge is 0.0388 e. The van der Waals surface area contributed by atoms with E-state index in [1.807, 2.05) is 0 Å². The maximum atomic E-state index is 5.89. The van der Waals surface area contributed by atoms with Crippen LogP contribution >= 0.6 is 31.9 Å². The summed E-state index contributed by atoms with van der Waals surface area (Å²) in [6, 6.07) is 6.75. The molecule has 1 aliphatic rings. The van der Waals surface area contributed by atoms with Gasteiger partial charge < -0.3 is 10.6 Å². The van der Waals surface area contributed by atoms with E-state index in [4.69, 9.17) is 5.73 Å². The molecule has 82 valence electrons. The highest BCUT2D eigenvalue weighted by atomic mass is 79.9. The summed E-state index contributed by atoms with van der Waals surface area (Å²) in [6.07, 6.45) is 2.17. The van der Waals surface area contributed by atoms with Crippen LogP contribution in [0.25, 0.3) is 0 Å². The first kappa shape index (κ1) is 11.4. The standard InChI is InChI=1S/C11H14Br2N2/c12-8-5-9(13)7-11(6-8)15-3-1-10(14)2-4-15/h5-7,10H,1-4,14H2. The fourth-order valence-electron chi connectivity index (χ4n) is 1.88. The van der Waals surface area contributed by atoms with Gasteiger partial charge in [0.2, 0.25) is 0 Å². The number of nitrogens with two attached hydrogens (primary N) is 1. The maximum absolute atomic E-state index is 5.89. The number of hydrogen-bond donors (Lipinski definition) is 1. The van der Waals surface area contributed by atoms with Crippen molar-refractivity contribution in [3.63, 3.8) is 0 Å². The first-order valence-electron chi connectivity index (χ1n) is 5.12. The van der Waals surface area contributed by atoms with Crippen molar-refractivity contribution in [2.24, 2.45) is 5.73 Å². The number of anilines is 1. The Labute approximate surface area is 107 Å².